The molecule has 0 aromatic rings. The SMILES string of the molecule is CCC1CN(O)CCN1CCS(=O)(=O)O. The molecule has 0 aromatic carbocycles. The predicted octanol–water partition coefficient (Wildman–Crippen LogP) is -0.340. The molecule has 1 saturated heterocycles. The Kier molecular flexibility index (Phi) is 4.47. The van der Waals surface area contributed by atoms with Crippen molar-refractivity contribution in [2.45, 2.75) is 19.4 Å². The lowest BCUT2D eigenvalue weighted by Gasteiger charge is -2.38. The lowest BCUT2D eigenvalue weighted by Crippen LogP contribution is -2.52. The average molecular weight is 238 g/mol. The maximum Gasteiger partial charge on any atom is 0.266 e. The van der Waals surface area contributed by atoms with Gasteiger partial charge in [0.2, 0.25) is 0 Å². The van der Waals surface area contributed by atoms with Crippen LogP contribution in [-0.2, 0) is 10.1 Å². The van der Waals surface area contributed by atoms with Gasteiger partial charge in [-0.15, -0.1) is 0 Å². The number of hydrogen-bond donors (Lipinski definition) is 2. The van der Waals surface area contributed by atoms with Gasteiger partial charge in [0.25, 0.3) is 10.1 Å². The Balaban J connectivity index is 2.46. The zero-order chi connectivity index (χ0) is 11.5. The van der Waals surface area contributed by atoms with Crippen molar-refractivity contribution < 1.29 is 18.2 Å². The smallest absolute Gasteiger partial charge is 0.266 e. The first-order chi connectivity index (χ1) is 6.92. The van der Waals surface area contributed by atoms with Crippen LogP contribution in [0.3, 0.4) is 0 Å². The molecule has 0 aliphatic carbocycles. The number of hydroxylamine groups is 2. The van der Waals surface area contributed by atoms with E-state index in [9.17, 15) is 13.6 Å². The van der Waals surface area contributed by atoms with Gasteiger partial charge in [-0.1, -0.05) is 6.92 Å². The fourth-order valence-electron chi connectivity index (χ4n) is 1.79. The molecule has 1 atom stereocenters. The first kappa shape index (κ1) is 12.9. The highest BCUT2D eigenvalue weighted by Gasteiger charge is 2.25. The Morgan fingerprint density at radius 1 is 1.40 bits per heavy atom. The first-order valence-electron chi connectivity index (χ1n) is 5.05. The summed E-state index contributed by atoms with van der Waals surface area (Å²) in [5.41, 5.74) is 0. The maximum atomic E-state index is 10.6. The molecule has 90 valence electrons. The van der Waals surface area contributed by atoms with Crippen LogP contribution in [0.2, 0.25) is 0 Å². The molecule has 6 nitrogen and oxygen atoms in total. The fraction of sp³-hybridized carbons (Fsp3) is 1.00. The molecule has 1 fully saturated rings. The summed E-state index contributed by atoms with van der Waals surface area (Å²) in [4.78, 5) is 1.99. The molecule has 15 heavy (non-hydrogen) atoms. The third kappa shape index (κ3) is 4.43. The Morgan fingerprint density at radius 3 is 2.60 bits per heavy atom. The molecule has 1 rings (SSSR count). The normalized spacial score (nSPS) is 25.7. The first-order valence-corrected chi connectivity index (χ1v) is 6.66. The molecule has 0 amide bonds. The van der Waals surface area contributed by atoms with Gasteiger partial charge in [0.1, 0.15) is 0 Å². The zero-order valence-electron chi connectivity index (χ0n) is 8.83. The second-order valence-corrected chi connectivity index (χ2v) is 5.37. The Morgan fingerprint density at radius 2 is 2.07 bits per heavy atom. The topological polar surface area (TPSA) is 81.1 Å². The number of nitrogens with zero attached hydrogens (tertiary/aromatic N) is 2. The Labute approximate surface area is 90.2 Å². The van der Waals surface area contributed by atoms with Crippen molar-refractivity contribution in [1.82, 2.24) is 9.96 Å². The maximum absolute atomic E-state index is 10.6. The minimum Gasteiger partial charge on any atom is -0.314 e. The monoisotopic (exact) mass is 238 g/mol. The van der Waals surface area contributed by atoms with Gasteiger partial charge in [-0.25, -0.2) is 0 Å². The van der Waals surface area contributed by atoms with E-state index in [1.165, 1.54) is 5.06 Å². The van der Waals surface area contributed by atoms with Crippen molar-refractivity contribution in [2.24, 2.45) is 0 Å². The summed E-state index contributed by atoms with van der Waals surface area (Å²) in [6.07, 6.45) is 0.850. The van der Waals surface area contributed by atoms with Crippen molar-refractivity contribution >= 4 is 10.1 Å². The Bertz CT molecular complexity index is 293. The quantitative estimate of drug-likeness (QED) is 0.652. The molecule has 1 heterocycles. The van der Waals surface area contributed by atoms with Gasteiger partial charge in [0.15, 0.2) is 0 Å². The third-order valence-corrected chi connectivity index (χ3v) is 3.39. The minimum absolute atomic E-state index is 0.158. The van der Waals surface area contributed by atoms with E-state index in [1.54, 1.807) is 0 Å². The summed E-state index contributed by atoms with van der Waals surface area (Å²) in [6, 6.07) is 0.158. The average Bonchev–Trinajstić information content (AvgIpc) is 2.14. The van der Waals surface area contributed by atoms with Gasteiger partial charge in [-0.3, -0.25) is 9.45 Å². The molecule has 0 aromatic heterocycles. The van der Waals surface area contributed by atoms with Crippen LogP contribution in [0.25, 0.3) is 0 Å². The number of piperazine rings is 1. The molecule has 1 aliphatic heterocycles. The van der Waals surface area contributed by atoms with E-state index in [2.05, 4.69) is 0 Å². The molecule has 0 saturated carbocycles. The summed E-state index contributed by atoms with van der Waals surface area (Å²) < 4.78 is 29.8. The highest BCUT2D eigenvalue weighted by Crippen LogP contribution is 2.11. The molecule has 2 N–H and O–H groups in total. The van der Waals surface area contributed by atoms with Crippen LogP contribution in [0.1, 0.15) is 13.3 Å². The second-order valence-electron chi connectivity index (χ2n) is 3.80. The van der Waals surface area contributed by atoms with E-state index in [-0.39, 0.29) is 11.8 Å². The lowest BCUT2D eigenvalue weighted by molar-refractivity contribution is -0.133. The van der Waals surface area contributed by atoms with Gasteiger partial charge in [-0.05, 0) is 6.42 Å². The van der Waals surface area contributed by atoms with E-state index >= 15 is 0 Å². The summed E-state index contributed by atoms with van der Waals surface area (Å²) >= 11 is 0. The lowest BCUT2D eigenvalue weighted by atomic mass is 10.1. The van der Waals surface area contributed by atoms with Crippen LogP contribution in [0, 0.1) is 0 Å². The van der Waals surface area contributed by atoms with Crippen LogP contribution in [-0.4, -0.2) is 66.1 Å². The van der Waals surface area contributed by atoms with Gasteiger partial charge < -0.3 is 5.21 Å². The highest BCUT2D eigenvalue weighted by atomic mass is 32.2. The van der Waals surface area contributed by atoms with Crippen LogP contribution >= 0.6 is 0 Å². The van der Waals surface area contributed by atoms with E-state index in [1.807, 2.05) is 11.8 Å². The van der Waals surface area contributed by atoms with Crippen LogP contribution in [0.5, 0.6) is 0 Å². The summed E-state index contributed by atoms with van der Waals surface area (Å²) in [5, 5.41) is 10.5. The number of rotatable bonds is 4. The van der Waals surface area contributed by atoms with Crippen molar-refractivity contribution in [3.8, 4) is 0 Å². The largest absolute Gasteiger partial charge is 0.314 e. The molecule has 1 unspecified atom stereocenters. The van der Waals surface area contributed by atoms with Crippen molar-refractivity contribution in [3.63, 3.8) is 0 Å². The van der Waals surface area contributed by atoms with E-state index in [0.717, 1.165) is 6.42 Å². The standard InChI is InChI=1S/C8H18N2O4S/c1-2-8-7-10(11)4-3-9(8)5-6-15(12,13)14/h8,11H,2-7H2,1H3,(H,12,13,14). The van der Waals surface area contributed by atoms with E-state index in [4.69, 9.17) is 4.55 Å². The van der Waals surface area contributed by atoms with Gasteiger partial charge in [0, 0.05) is 32.2 Å². The van der Waals surface area contributed by atoms with Gasteiger partial charge >= 0.3 is 0 Å². The van der Waals surface area contributed by atoms with E-state index in [0.29, 0.717) is 26.2 Å². The second kappa shape index (κ2) is 5.22. The molecule has 0 bridgehead atoms. The Hall–Kier alpha value is -0.210. The summed E-state index contributed by atoms with van der Waals surface area (Å²) in [5.74, 6) is -0.241. The molecule has 7 heteroatoms. The summed E-state index contributed by atoms with van der Waals surface area (Å²) in [7, 11) is -3.89. The van der Waals surface area contributed by atoms with Crippen molar-refractivity contribution in [1.29, 1.82) is 0 Å². The highest BCUT2D eigenvalue weighted by molar-refractivity contribution is 7.85. The van der Waals surface area contributed by atoms with Gasteiger partial charge in [-0.2, -0.15) is 13.5 Å². The van der Waals surface area contributed by atoms with Crippen LogP contribution in [0.15, 0.2) is 0 Å². The van der Waals surface area contributed by atoms with Gasteiger partial charge in [0.05, 0.1) is 5.75 Å². The molecular weight excluding hydrogens is 220 g/mol. The van der Waals surface area contributed by atoms with Crippen LogP contribution < -0.4 is 0 Å². The predicted molar refractivity (Wildman–Crippen MR) is 55.4 cm³/mol. The molecule has 0 radical (unpaired) electrons. The third-order valence-electron chi connectivity index (χ3n) is 2.69. The number of hydrogen-bond acceptors (Lipinski definition) is 5. The van der Waals surface area contributed by atoms with E-state index < -0.39 is 10.1 Å². The molecule has 0 spiro atoms. The summed E-state index contributed by atoms with van der Waals surface area (Å²) in [6.45, 7) is 3.99. The van der Waals surface area contributed by atoms with Crippen molar-refractivity contribution in [3.05, 3.63) is 0 Å². The van der Waals surface area contributed by atoms with Crippen LogP contribution in [0.4, 0.5) is 0 Å². The molecular formula is C8H18N2O4S. The van der Waals surface area contributed by atoms with Crippen molar-refractivity contribution in [2.75, 3.05) is 31.9 Å². The fourth-order valence-corrected chi connectivity index (χ4v) is 2.26. The molecule has 1 aliphatic rings. The minimum atomic E-state index is -3.89. The zero-order valence-corrected chi connectivity index (χ0v) is 9.65.